The zero-order chi connectivity index (χ0) is 19.7. The van der Waals surface area contributed by atoms with Gasteiger partial charge in [0.05, 0.1) is 10.9 Å². The second-order valence-electron chi connectivity index (χ2n) is 7.11. The molecule has 0 saturated heterocycles. The van der Waals surface area contributed by atoms with Crippen LogP contribution >= 0.6 is 12.4 Å². The highest BCUT2D eigenvalue weighted by Crippen LogP contribution is 2.42. The number of sulfonamides is 1. The van der Waals surface area contributed by atoms with Gasteiger partial charge in [0.2, 0.25) is 10.0 Å². The predicted molar refractivity (Wildman–Crippen MR) is 122 cm³/mol. The van der Waals surface area contributed by atoms with Crippen molar-refractivity contribution in [3.8, 4) is 11.1 Å². The Kier molecular flexibility index (Phi) is 6.27. The lowest BCUT2D eigenvalue weighted by atomic mass is 9.93. The Bertz CT molecular complexity index is 1140. The number of benzene rings is 3. The first-order valence-corrected chi connectivity index (χ1v) is 11.0. The van der Waals surface area contributed by atoms with Crippen molar-refractivity contribution in [3.05, 3.63) is 95.1 Å². The molecule has 0 fully saturated rings. The minimum Gasteiger partial charge on any atom is -0.207 e. The van der Waals surface area contributed by atoms with E-state index >= 15 is 0 Å². The van der Waals surface area contributed by atoms with E-state index in [9.17, 15) is 8.42 Å². The van der Waals surface area contributed by atoms with Gasteiger partial charge in [0.15, 0.2) is 0 Å². The quantitative estimate of drug-likeness (QED) is 0.552. The van der Waals surface area contributed by atoms with Crippen LogP contribution in [0.3, 0.4) is 0 Å². The van der Waals surface area contributed by atoms with Crippen LogP contribution in [-0.4, -0.2) is 8.42 Å². The Labute approximate surface area is 179 Å². The fourth-order valence-electron chi connectivity index (χ4n) is 3.75. The molecule has 0 amide bonds. The number of halogens is 1. The molecule has 0 saturated carbocycles. The van der Waals surface area contributed by atoms with Crippen molar-refractivity contribution in [2.45, 2.75) is 31.2 Å². The standard InChI is InChI=1S/C24H23NO2S.ClH/c1-3-18-16-20-10-7-11-22(19-8-5-4-6-9-19)23(20)24(18)25-28(26,27)21-14-12-17(2)13-15-21;/h4-16,24-25H,3H2,1-2H3;1H. The smallest absolute Gasteiger partial charge is 0.207 e. The van der Waals surface area contributed by atoms with Crippen LogP contribution in [0.1, 0.15) is 36.1 Å². The Balaban J connectivity index is 0.00000240. The number of fused-ring (bicyclic) bond motifs is 1. The van der Waals surface area contributed by atoms with Crippen LogP contribution in [0.5, 0.6) is 0 Å². The minimum absolute atomic E-state index is 0. The van der Waals surface area contributed by atoms with E-state index in [-0.39, 0.29) is 18.4 Å². The molecular formula is C24H24ClNO2S. The lowest BCUT2D eigenvalue weighted by Gasteiger charge is -2.21. The van der Waals surface area contributed by atoms with E-state index in [1.807, 2.05) is 43.3 Å². The summed E-state index contributed by atoms with van der Waals surface area (Å²) in [5, 5.41) is 0. The lowest BCUT2D eigenvalue weighted by Crippen LogP contribution is -2.29. The maximum atomic E-state index is 13.1. The van der Waals surface area contributed by atoms with Gasteiger partial charge >= 0.3 is 0 Å². The fourth-order valence-corrected chi connectivity index (χ4v) is 4.96. The van der Waals surface area contributed by atoms with Crippen LogP contribution in [0.2, 0.25) is 0 Å². The van der Waals surface area contributed by atoms with Gasteiger partial charge in [-0.25, -0.2) is 8.42 Å². The van der Waals surface area contributed by atoms with Gasteiger partial charge in [-0.1, -0.05) is 79.2 Å². The van der Waals surface area contributed by atoms with Gasteiger partial charge < -0.3 is 0 Å². The molecule has 0 aromatic heterocycles. The van der Waals surface area contributed by atoms with Crippen molar-refractivity contribution in [2.24, 2.45) is 0 Å². The summed E-state index contributed by atoms with van der Waals surface area (Å²) >= 11 is 0. The molecule has 4 rings (SSSR count). The Hall–Kier alpha value is -2.40. The molecule has 3 aromatic rings. The summed E-state index contributed by atoms with van der Waals surface area (Å²) in [4.78, 5) is 0.291. The summed E-state index contributed by atoms with van der Waals surface area (Å²) in [5.41, 5.74) is 6.37. The van der Waals surface area contributed by atoms with Gasteiger partial charge in [0.1, 0.15) is 0 Å². The molecule has 0 spiro atoms. The van der Waals surface area contributed by atoms with Crippen molar-refractivity contribution in [2.75, 3.05) is 0 Å². The molecule has 3 nitrogen and oxygen atoms in total. The van der Waals surface area contributed by atoms with Crippen molar-refractivity contribution in [1.29, 1.82) is 0 Å². The van der Waals surface area contributed by atoms with E-state index in [1.165, 1.54) is 0 Å². The summed E-state index contributed by atoms with van der Waals surface area (Å²) in [7, 11) is -3.64. The third-order valence-electron chi connectivity index (χ3n) is 5.24. The SMILES string of the molecule is CCC1=Cc2cccc(-c3ccccc3)c2C1NS(=O)(=O)c1ccc(C)cc1.Cl. The third kappa shape index (κ3) is 4.15. The highest BCUT2D eigenvalue weighted by molar-refractivity contribution is 7.89. The van der Waals surface area contributed by atoms with Gasteiger partial charge in [-0.3, -0.25) is 0 Å². The van der Waals surface area contributed by atoms with E-state index in [0.717, 1.165) is 39.8 Å². The molecule has 1 N–H and O–H groups in total. The highest BCUT2D eigenvalue weighted by atomic mass is 35.5. The molecule has 29 heavy (non-hydrogen) atoms. The number of hydrogen-bond acceptors (Lipinski definition) is 2. The van der Waals surface area contributed by atoms with Crippen molar-refractivity contribution < 1.29 is 8.42 Å². The van der Waals surface area contributed by atoms with Crippen LogP contribution in [0.15, 0.2) is 83.3 Å². The van der Waals surface area contributed by atoms with Crippen LogP contribution in [-0.2, 0) is 10.0 Å². The number of hydrogen-bond donors (Lipinski definition) is 1. The number of rotatable bonds is 5. The monoisotopic (exact) mass is 425 g/mol. The predicted octanol–water partition coefficient (Wildman–Crippen LogP) is 5.91. The lowest BCUT2D eigenvalue weighted by molar-refractivity contribution is 0.570. The Morgan fingerprint density at radius 1 is 0.897 bits per heavy atom. The average molecular weight is 426 g/mol. The van der Waals surface area contributed by atoms with E-state index in [1.54, 1.807) is 12.1 Å². The highest BCUT2D eigenvalue weighted by Gasteiger charge is 2.31. The maximum Gasteiger partial charge on any atom is 0.241 e. The van der Waals surface area contributed by atoms with E-state index in [2.05, 4.69) is 42.0 Å². The maximum absolute atomic E-state index is 13.1. The molecule has 0 aliphatic heterocycles. The molecule has 1 aliphatic carbocycles. The summed E-state index contributed by atoms with van der Waals surface area (Å²) < 4.78 is 29.1. The first-order chi connectivity index (χ1) is 13.5. The molecular weight excluding hydrogens is 402 g/mol. The summed E-state index contributed by atoms with van der Waals surface area (Å²) in [6.07, 6.45) is 2.90. The summed E-state index contributed by atoms with van der Waals surface area (Å²) in [5.74, 6) is 0. The Morgan fingerprint density at radius 3 is 2.24 bits per heavy atom. The number of aryl methyl sites for hydroxylation is 1. The fraction of sp³-hybridized carbons (Fsp3) is 0.167. The van der Waals surface area contributed by atoms with Crippen LogP contribution < -0.4 is 4.72 Å². The van der Waals surface area contributed by atoms with Gasteiger partial charge in [-0.05, 0) is 53.3 Å². The molecule has 1 atom stereocenters. The molecule has 0 bridgehead atoms. The van der Waals surface area contributed by atoms with Gasteiger partial charge in [-0.15, -0.1) is 12.4 Å². The summed E-state index contributed by atoms with van der Waals surface area (Å²) in [6.45, 7) is 4.01. The Morgan fingerprint density at radius 2 is 1.59 bits per heavy atom. The zero-order valence-corrected chi connectivity index (χ0v) is 18.1. The van der Waals surface area contributed by atoms with E-state index in [0.29, 0.717) is 4.90 Å². The third-order valence-corrected chi connectivity index (χ3v) is 6.68. The topological polar surface area (TPSA) is 46.2 Å². The average Bonchev–Trinajstić information content (AvgIpc) is 3.06. The molecule has 5 heteroatoms. The molecule has 150 valence electrons. The summed E-state index contributed by atoms with van der Waals surface area (Å²) in [6, 6.07) is 22.9. The molecule has 0 radical (unpaired) electrons. The van der Waals surface area contributed by atoms with Gasteiger partial charge in [0, 0.05) is 0 Å². The second-order valence-corrected chi connectivity index (χ2v) is 8.83. The first-order valence-electron chi connectivity index (χ1n) is 9.47. The van der Waals surface area contributed by atoms with E-state index < -0.39 is 10.0 Å². The second kappa shape index (κ2) is 8.54. The zero-order valence-electron chi connectivity index (χ0n) is 16.4. The first kappa shape index (κ1) is 21.3. The van der Waals surface area contributed by atoms with Crippen LogP contribution in [0, 0.1) is 6.92 Å². The molecule has 1 aliphatic rings. The minimum atomic E-state index is -3.64. The molecule has 0 heterocycles. The van der Waals surface area contributed by atoms with Gasteiger partial charge in [0.25, 0.3) is 0 Å². The van der Waals surface area contributed by atoms with Crippen molar-refractivity contribution in [3.63, 3.8) is 0 Å². The van der Waals surface area contributed by atoms with Crippen LogP contribution in [0.25, 0.3) is 17.2 Å². The van der Waals surface area contributed by atoms with Crippen LogP contribution in [0.4, 0.5) is 0 Å². The van der Waals surface area contributed by atoms with Gasteiger partial charge in [-0.2, -0.15) is 4.72 Å². The van der Waals surface area contributed by atoms with Crippen molar-refractivity contribution >= 4 is 28.5 Å². The molecule has 3 aromatic carbocycles. The molecule has 1 unspecified atom stereocenters. The normalized spacial score (nSPS) is 15.4. The largest absolute Gasteiger partial charge is 0.241 e. The van der Waals surface area contributed by atoms with Crippen molar-refractivity contribution in [1.82, 2.24) is 4.72 Å². The number of nitrogens with one attached hydrogen (secondary N) is 1. The van der Waals surface area contributed by atoms with E-state index in [4.69, 9.17) is 0 Å².